The van der Waals surface area contributed by atoms with E-state index in [1.165, 1.54) is 12.8 Å². The van der Waals surface area contributed by atoms with Gasteiger partial charge in [-0.2, -0.15) is 0 Å². The van der Waals surface area contributed by atoms with E-state index >= 15 is 0 Å². The molecule has 144 valence electrons. The van der Waals surface area contributed by atoms with Crippen LogP contribution in [0.5, 0.6) is 11.5 Å². The lowest BCUT2D eigenvalue weighted by molar-refractivity contribution is 0.283. The number of para-hydroxylation sites is 1. The summed E-state index contributed by atoms with van der Waals surface area (Å²) in [6.45, 7) is 1.46. The first-order valence-electron chi connectivity index (χ1n) is 9.86. The van der Waals surface area contributed by atoms with E-state index in [1.807, 2.05) is 24.4 Å². The molecular weight excluding hydrogens is 348 g/mol. The van der Waals surface area contributed by atoms with Crippen LogP contribution in [0.15, 0.2) is 73.1 Å². The van der Waals surface area contributed by atoms with Crippen molar-refractivity contribution in [3.05, 3.63) is 78.6 Å². The van der Waals surface area contributed by atoms with Crippen LogP contribution >= 0.6 is 0 Å². The number of ether oxygens (including phenoxy) is 2. The summed E-state index contributed by atoms with van der Waals surface area (Å²) in [5.41, 5.74) is 3.34. The zero-order valence-electron chi connectivity index (χ0n) is 16.3. The number of methoxy groups -OCH3 is 1. The molecule has 2 aromatic carbocycles. The highest BCUT2D eigenvalue weighted by Gasteiger charge is 2.21. The lowest BCUT2D eigenvalue weighted by atomic mass is 10.2. The molecule has 4 nitrogen and oxygen atoms in total. The van der Waals surface area contributed by atoms with Gasteiger partial charge in [-0.1, -0.05) is 37.1 Å². The molecule has 1 fully saturated rings. The molecule has 0 radical (unpaired) electrons. The van der Waals surface area contributed by atoms with E-state index in [4.69, 9.17) is 9.47 Å². The third kappa shape index (κ3) is 4.63. The summed E-state index contributed by atoms with van der Waals surface area (Å²) < 4.78 is 11.6. The number of benzene rings is 2. The lowest BCUT2D eigenvalue weighted by Crippen LogP contribution is -2.16. The molecule has 1 aliphatic rings. The van der Waals surface area contributed by atoms with Gasteiger partial charge in [0, 0.05) is 36.4 Å². The van der Waals surface area contributed by atoms with Gasteiger partial charge in [-0.3, -0.25) is 4.98 Å². The maximum absolute atomic E-state index is 6.09. The van der Waals surface area contributed by atoms with Crippen LogP contribution in [-0.2, 0) is 6.54 Å². The van der Waals surface area contributed by atoms with Crippen molar-refractivity contribution in [3.63, 3.8) is 0 Å². The predicted octanol–water partition coefficient (Wildman–Crippen LogP) is 5.61. The zero-order chi connectivity index (χ0) is 19.2. The Hall–Kier alpha value is -3.01. The average Bonchev–Trinajstić information content (AvgIpc) is 3.58. The molecule has 4 heteroatoms. The third-order valence-corrected chi connectivity index (χ3v) is 5.07. The summed E-state index contributed by atoms with van der Waals surface area (Å²) in [5, 5.41) is 0. The third-order valence-electron chi connectivity index (χ3n) is 5.07. The molecule has 1 saturated carbocycles. The molecule has 1 aliphatic carbocycles. The fourth-order valence-corrected chi connectivity index (χ4v) is 3.30. The van der Waals surface area contributed by atoms with E-state index in [0.29, 0.717) is 0 Å². The fourth-order valence-electron chi connectivity index (χ4n) is 3.30. The molecule has 0 bridgehead atoms. The standard InChI is InChI=1S/C24H26N2O2/c1-27-23-12-11-22(16-24(23)28-15-13-19-9-10-19)26(21-7-3-2-4-8-21)18-20-6-5-14-25-17-20/h2-8,11-12,14,16-17,19H,9-10,13,15,18H2,1H3. The van der Waals surface area contributed by atoms with Gasteiger partial charge in [0.05, 0.1) is 13.7 Å². The summed E-state index contributed by atoms with van der Waals surface area (Å²) in [5.74, 6) is 2.42. The Morgan fingerprint density at radius 2 is 1.82 bits per heavy atom. The summed E-state index contributed by atoms with van der Waals surface area (Å²) in [6.07, 6.45) is 7.51. The Bertz CT molecular complexity index is 880. The van der Waals surface area contributed by atoms with Crippen molar-refractivity contribution >= 4 is 11.4 Å². The van der Waals surface area contributed by atoms with Crippen molar-refractivity contribution in [1.29, 1.82) is 0 Å². The normalized spacial score (nSPS) is 13.2. The average molecular weight is 374 g/mol. The number of hydrogen-bond acceptors (Lipinski definition) is 4. The van der Waals surface area contributed by atoms with Crippen molar-refractivity contribution in [3.8, 4) is 11.5 Å². The van der Waals surface area contributed by atoms with Crippen LogP contribution in [0, 0.1) is 5.92 Å². The molecule has 1 heterocycles. The molecule has 0 spiro atoms. The van der Waals surface area contributed by atoms with Crippen molar-refractivity contribution in [2.75, 3.05) is 18.6 Å². The van der Waals surface area contributed by atoms with E-state index < -0.39 is 0 Å². The van der Waals surface area contributed by atoms with Crippen molar-refractivity contribution < 1.29 is 9.47 Å². The topological polar surface area (TPSA) is 34.6 Å². The maximum Gasteiger partial charge on any atom is 0.163 e. The van der Waals surface area contributed by atoms with E-state index in [2.05, 4.69) is 52.3 Å². The van der Waals surface area contributed by atoms with E-state index in [-0.39, 0.29) is 0 Å². The summed E-state index contributed by atoms with van der Waals surface area (Å²) in [6, 6.07) is 20.6. The minimum absolute atomic E-state index is 0.728. The molecule has 0 saturated heterocycles. The predicted molar refractivity (Wildman–Crippen MR) is 112 cm³/mol. The van der Waals surface area contributed by atoms with Gasteiger partial charge in [-0.25, -0.2) is 0 Å². The Kier molecular flexibility index (Phi) is 5.76. The quantitative estimate of drug-likeness (QED) is 0.488. The molecular formula is C24H26N2O2. The van der Waals surface area contributed by atoms with E-state index in [0.717, 1.165) is 53.9 Å². The second kappa shape index (κ2) is 8.79. The van der Waals surface area contributed by atoms with Gasteiger partial charge in [-0.05, 0) is 48.2 Å². The van der Waals surface area contributed by atoms with Crippen LogP contribution in [0.3, 0.4) is 0 Å². The zero-order valence-corrected chi connectivity index (χ0v) is 16.3. The summed E-state index contributed by atoms with van der Waals surface area (Å²) >= 11 is 0. The number of anilines is 2. The highest BCUT2D eigenvalue weighted by atomic mass is 16.5. The largest absolute Gasteiger partial charge is 0.493 e. The second-order valence-corrected chi connectivity index (χ2v) is 7.20. The van der Waals surface area contributed by atoms with Crippen LogP contribution in [0.1, 0.15) is 24.8 Å². The number of rotatable bonds is 9. The Morgan fingerprint density at radius 3 is 2.54 bits per heavy atom. The summed E-state index contributed by atoms with van der Waals surface area (Å²) in [4.78, 5) is 6.53. The molecule has 4 rings (SSSR count). The smallest absolute Gasteiger partial charge is 0.163 e. The highest BCUT2D eigenvalue weighted by Crippen LogP contribution is 2.37. The van der Waals surface area contributed by atoms with Gasteiger partial charge in [0.2, 0.25) is 0 Å². The molecule has 0 aliphatic heterocycles. The Balaban J connectivity index is 1.62. The van der Waals surface area contributed by atoms with Crippen LogP contribution in [0.4, 0.5) is 11.4 Å². The van der Waals surface area contributed by atoms with Gasteiger partial charge in [0.25, 0.3) is 0 Å². The van der Waals surface area contributed by atoms with Crippen LogP contribution in [0.2, 0.25) is 0 Å². The SMILES string of the molecule is COc1ccc(N(Cc2cccnc2)c2ccccc2)cc1OCCC1CC1. The second-order valence-electron chi connectivity index (χ2n) is 7.20. The van der Waals surface area contributed by atoms with Crippen LogP contribution < -0.4 is 14.4 Å². The van der Waals surface area contributed by atoms with Crippen LogP contribution in [0.25, 0.3) is 0 Å². The van der Waals surface area contributed by atoms with Crippen molar-refractivity contribution in [2.45, 2.75) is 25.8 Å². The molecule has 28 heavy (non-hydrogen) atoms. The molecule has 1 aromatic heterocycles. The van der Waals surface area contributed by atoms with Gasteiger partial charge in [-0.15, -0.1) is 0 Å². The Labute approximate surface area is 166 Å². The lowest BCUT2D eigenvalue weighted by Gasteiger charge is -2.26. The minimum Gasteiger partial charge on any atom is -0.493 e. The number of pyridine rings is 1. The van der Waals surface area contributed by atoms with Crippen molar-refractivity contribution in [1.82, 2.24) is 4.98 Å². The first kappa shape index (κ1) is 18.4. The van der Waals surface area contributed by atoms with E-state index in [9.17, 15) is 0 Å². The Morgan fingerprint density at radius 1 is 0.964 bits per heavy atom. The monoisotopic (exact) mass is 374 g/mol. The molecule has 3 aromatic rings. The molecule has 0 amide bonds. The summed E-state index contributed by atoms with van der Waals surface area (Å²) in [7, 11) is 1.69. The molecule has 0 atom stereocenters. The first-order valence-corrected chi connectivity index (χ1v) is 9.86. The van der Waals surface area contributed by atoms with Crippen LogP contribution in [-0.4, -0.2) is 18.7 Å². The van der Waals surface area contributed by atoms with Gasteiger partial charge >= 0.3 is 0 Å². The molecule has 0 N–H and O–H groups in total. The highest BCUT2D eigenvalue weighted by molar-refractivity contribution is 5.66. The number of hydrogen-bond donors (Lipinski definition) is 0. The fraction of sp³-hybridized carbons (Fsp3) is 0.292. The van der Waals surface area contributed by atoms with Gasteiger partial charge < -0.3 is 14.4 Å². The number of aromatic nitrogens is 1. The minimum atomic E-state index is 0.728. The van der Waals surface area contributed by atoms with E-state index in [1.54, 1.807) is 13.3 Å². The van der Waals surface area contributed by atoms with Crippen molar-refractivity contribution in [2.24, 2.45) is 5.92 Å². The maximum atomic E-state index is 6.09. The van der Waals surface area contributed by atoms with Gasteiger partial charge in [0.15, 0.2) is 11.5 Å². The first-order chi connectivity index (χ1) is 13.8. The number of nitrogens with zero attached hydrogens (tertiary/aromatic N) is 2. The van der Waals surface area contributed by atoms with Gasteiger partial charge in [0.1, 0.15) is 0 Å². The molecule has 0 unspecified atom stereocenters.